The molecule has 0 aliphatic carbocycles. The van der Waals surface area contributed by atoms with Gasteiger partial charge in [-0.05, 0) is 29.0 Å². The quantitative estimate of drug-likeness (QED) is 0.630. The molecule has 0 aliphatic rings. The van der Waals surface area contributed by atoms with Crippen LogP contribution in [-0.2, 0) is 13.5 Å². The Kier molecular flexibility index (Phi) is 3.90. The Morgan fingerprint density at radius 3 is 2.77 bits per heavy atom. The topological polar surface area (TPSA) is 34.9 Å². The summed E-state index contributed by atoms with van der Waals surface area (Å²) in [7, 11) is 1.89. The Labute approximate surface area is 91.7 Å². The number of unbranched alkanes of at least 4 members (excludes halogenated alkanes) is 1. The Bertz CT molecular complexity index is 307. The molecule has 4 heteroatoms. The van der Waals surface area contributed by atoms with Gasteiger partial charge in [0.1, 0.15) is 15.2 Å². The van der Waals surface area contributed by atoms with Crippen LogP contribution in [0.4, 0.5) is 0 Å². The van der Waals surface area contributed by atoms with Crippen LogP contribution in [0.3, 0.4) is 0 Å². The molecule has 1 rings (SSSR count). The molecule has 0 saturated carbocycles. The third kappa shape index (κ3) is 2.30. The molecular formula is C9H13IN2O. The lowest BCUT2D eigenvalue weighted by Crippen LogP contribution is -2.01. The van der Waals surface area contributed by atoms with E-state index in [4.69, 9.17) is 0 Å². The summed E-state index contributed by atoms with van der Waals surface area (Å²) in [5.41, 5.74) is 0.687. The number of nitrogens with zero attached hydrogens (tertiary/aromatic N) is 2. The van der Waals surface area contributed by atoms with Crippen molar-refractivity contribution in [3.05, 3.63) is 15.2 Å². The van der Waals surface area contributed by atoms with Crippen LogP contribution in [0, 0.1) is 3.70 Å². The van der Waals surface area contributed by atoms with Crippen molar-refractivity contribution in [2.24, 2.45) is 7.05 Å². The summed E-state index contributed by atoms with van der Waals surface area (Å²) in [5.74, 6) is 1.01. The van der Waals surface area contributed by atoms with Crippen molar-refractivity contribution in [2.45, 2.75) is 26.2 Å². The van der Waals surface area contributed by atoms with Gasteiger partial charge in [0.15, 0.2) is 6.29 Å². The molecule has 13 heavy (non-hydrogen) atoms. The van der Waals surface area contributed by atoms with Gasteiger partial charge in [-0.2, -0.15) is 0 Å². The smallest absolute Gasteiger partial charge is 0.169 e. The second-order valence-electron chi connectivity index (χ2n) is 2.98. The summed E-state index contributed by atoms with van der Waals surface area (Å²) in [4.78, 5) is 15.0. The number of imidazole rings is 1. The SMILES string of the molecule is CCCCc1nc(I)c(C=O)n1C. The van der Waals surface area contributed by atoms with E-state index in [0.29, 0.717) is 5.69 Å². The lowest BCUT2D eigenvalue weighted by Gasteiger charge is -2.00. The molecule has 3 nitrogen and oxygen atoms in total. The third-order valence-corrected chi connectivity index (χ3v) is 2.85. The number of carbonyl (C=O) groups is 1. The Morgan fingerprint density at radius 1 is 1.62 bits per heavy atom. The number of hydrogen-bond donors (Lipinski definition) is 0. The first kappa shape index (κ1) is 10.7. The Balaban J connectivity index is 2.90. The van der Waals surface area contributed by atoms with Crippen LogP contribution in [0.1, 0.15) is 36.1 Å². The molecule has 0 atom stereocenters. The van der Waals surface area contributed by atoms with Gasteiger partial charge in [0.05, 0.1) is 0 Å². The van der Waals surface area contributed by atoms with Gasteiger partial charge in [0.2, 0.25) is 0 Å². The number of aldehydes is 1. The largest absolute Gasteiger partial charge is 0.328 e. The van der Waals surface area contributed by atoms with E-state index in [1.54, 1.807) is 0 Å². The van der Waals surface area contributed by atoms with Crippen molar-refractivity contribution >= 4 is 28.9 Å². The highest BCUT2D eigenvalue weighted by atomic mass is 127. The number of aryl methyl sites for hydroxylation is 1. The first-order valence-corrected chi connectivity index (χ1v) is 5.44. The fourth-order valence-corrected chi connectivity index (χ4v) is 1.98. The van der Waals surface area contributed by atoms with Gasteiger partial charge in [-0.15, -0.1) is 0 Å². The van der Waals surface area contributed by atoms with Gasteiger partial charge in [-0.1, -0.05) is 13.3 Å². The average Bonchev–Trinajstić information content (AvgIpc) is 2.38. The van der Waals surface area contributed by atoms with Crippen LogP contribution in [0.5, 0.6) is 0 Å². The molecule has 0 aliphatic heterocycles. The van der Waals surface area contributed by atoms with E-state index in [9.17, 15) is 4.79 Å². The van der Waals surface area contributed by atoms with Crippen molar-refractivity contribution in [1.29, 1.82) is 0 Å². The third-order valence-electron chi connectivity index (χ3n) is 2.05. The molecular weight excluding hydrogens is 279 g/mol. The van der Waals surface area contributed by atoms with E-state index in [2.05, 4.69) is 34.5 Å². The number of hydrogen-bond acceptors (Lipinski definition) is 2. The second-order valence-corrected chi connectivity index (χ2v) is 4.01. The van der Waals surface area contributed by atoms with Gasteiger partial charge in [0.25, 0.3) is 0 Å². The number of rotatable bonds is 4. The van der Waals surface area contributed by atoms with E-state index in [1.807, 2.05) is 11.6 Å². The summed E-state index contributed by atoms with van der Waals surface area (Å²) in [6, 6.07) is 0. The highest BCUT2D eigenvalue weighted by molar-refractivity contribution is 14.1. The molecule has 1 aromatic heterocycles. The van der Waals surface area contributed by atoms with Crippen LogP contribution >= 0.6 is 22.6 Å². The van der Waals surface area contributed by atoms with E-state index in [1.165, 1.54) is 0 Å². The highest BCUT2D eigenvalue weighted by Crippen LogP contribution is 2.12. The molecule has 0 saturated heterocycles. The monoisotopic (exact) mass is 292 g/mol. The van der Waals surface area contributed by atoms with E-state index in [-0.39, 0.29) is 0 Å². The van der Waals surface area contributed by atoms with E-state index in [0.717, 1.165) is 35.1 Å². The van der Waals surface area contributed by atoms with Crippen molar-refractivity contribution in [3.8, 4) is 0 Å². The summed E-state index contributed by atoms with van der Waals surface area (Å²) in [6.07, 6.45) is 4.10. The highest BCUT2D eigenvalue weighted by Gasteiger charge is 2.10. The molecule has 0 N–H and O–H groups in total. The first-order valence-electron chi connectivity index (χ1n) is 4.37. The predicted molar refractivity (Wildman–Crippen MR) is 59.9 cm³/mol. The van der Waals surface area contributed by atoms with Crippen LogP contribution in [-0.4, -0.2) is 15.8 Å². The van der Waals surface area contributed by atoms with Crippen molar-refractivity contribution in [1.82, 2.24) is 9.55 Å². The van der Waals surface area contributed by atoms with Crippen molar-refractivity contribution < 1.29 is 4.79 Å². The van der Waals surface area contributed by atoms with Crippen LogP contribution in [0.25, 0.3) is 0 Å². The molecule has 0 radical (unpaired) electrons. The molecule has 1 heterocycles. The minimum atomic E-state index is 0.687. The Morgan fingerprint density at radius 2 is 2.31 bits per heavy atom. The molecule has 1 aromatic rings. The summed E-state index contributed by atoms with van der Waals surface area (Å²) in [6.45, 7) is 2.15. The van der Waals surface area contributed by atoms with Gasteiger partial charge in [-0.25, -0.2) is 4.98 Å². The fraction of sp³-hybridized carbons (Fsp3) is 0.556. The lowest BCUT2D eigenvalue weighted by atomic mass is 10.2. The zero-order valence-electron chi connectivity index (χ0n) is 7.88. The Hall–Kier alpha value is -0.390. The zero-order chi connectivity index (χ0) is 9.84. The number of carbonyl (C=O) groups excluding carboxylic acids is 1. The summed E-state index contributed by atoms with van der Waals surface area (Å²) < 4.78 is 2.69. The fourth-order valence-electron chi connectivity index (χ4n) is 1.21. The van der Waals surface area contributed by atoms with Crippen LogP contribution in [0.15, 0.2) is 0 Å². The summed E-state index contributed by atoms with van der Waals surface area (Å²) in [5, 5.41) is 0. The van der Waals surface area contributed by atoms with Crippen LogP contribution in [0.2, 0.25) is 0 Å². The molecule has 0 unspecified atom stereocenters. The molecule has 0 aromatic carbocycles. The summed E-state index contributed by atoms with van der Waals surface area (Å²) >= 11 is 2.10. The maximum atomic E-state index is 10.7. The normalized spacial score (nSPS) is 10.4. The molecule has 0 fully saturated rings. The minimum absolute atomic E-state index is 0.687. The number of aromatic nitrogens is 2. The van der Waals surface area contributed by atoms with Crippen molar-refractivity contribution in [3.63, 3.8) is 0 Å². The lowest BCUT2D eigenvalue weighted by molar-refractivity contribution is 0.111. The predicted octanol–water partition coefficient (Wildman–Crippen LogP) is 2.18. The van der Waals surface area contributed by atoms with Crippen molar-refractivity contribution in [2.75, 3.05) is 0 Å². The maximum Gasteiger partial charge on any atom is 0.169 e. The minimum Gasteiger partial charge on any atom is -0.328 e. The molecule has 0 amide bonds. The standard InChI is InChI=1S/C9H13IN2O/c1-3-4-5-8-11-9(10)7(6-13)12(8)2/h6H,3-5H2,1-2H3. The molecule has 0 spiro atoms. The second kappa shape index (κ2) is 4.74. The zero-order valence-corrected chi connectivity index (χ0v) is 10.0. The maximum absolute atomic E-state index is 10.7. The van der Waals surface area contributed by atoms with Gasteiger partial charge in [-0.3, -0.25) is 4.79 Å². The van der Waals surface area contributed by atoms with E-state index >= 15 is 0 Å². The molecule has 0 bridgehead atoms. The van der Waals surface area contributed by atoms with Crippen LogP contribution < -0.4 is 0 Å². The first-order chi connectivity index (χ1) is 6.20. The number of halogens is 1. The van der Waals surface area contributed by atoms with Gasteiger partial charge >= 0.3 is 0 Å². The van der Waals surface area contributed by atoms with Gasteiger partial charge < -0.3 is 4.57 Å². The average molecular weight is 292 g/mol. The van der Waals surface area contributed by atoms with E-state index < -0.39 is 0 Å². The molecule has 72 valence electrons. The van der Waals surface area contributed by atoms with Gasteiger partial charge in [0, 0.05) is 13.5 Å².